The van der Waals surface area contributed by atoms with Crippen molar-refractivity contribution in [2.75, 3.05) is 0 Å². The van der Waals surface area contributed by atoms with Gasteiger partial charge in [0.2, 0.25) is 0 Å². The minimum atomic E-state index is -0.893. The molecule has 4 bridgehead atoms. The fourth-order valence-electron chi connectivity index (χ4n) is 4.64. The smallest absolute Gasteiger partial charge is 0.330 e. The van der Waals surface area contributed by atoms with Gasteiger partial charge in [-0.3, -0.25) is 4.79 Å². The highest BCUT2D eigenvalue weighted by atomic mass is 16.6. The van der Waals surface area contributed by atoms with E-state index in [1.807, 2.05) is 13.8 Å². The molecule has 4 aliphatic rings. The van der Waals surface area contributed by atoms with Gasteiger partial charge in [-0.1, -0.05) is 6.58 Å². The normalized spacial score (nSPS) is 41.4. The third-order valence-corrected chi connectivity index (χ3v) is 5.57. The quantitative estimate of drug-likeness (QED) is 0.634. The highest BCUT2D eigenvalue weighted by Crippen LogP contribution is 2.61. The second kappa shape index (κ2) is 4.32. The summed E-state index contributed by atoms with van der Waals surface area (Å²) in [5.41, 5.74) is -2.11. The molecule has 5 nitrogen and oxygen atoms in total. The Morgan fingerprint density at radius 2 is 2.14 bits per heavy atom. The Bertz CT molecular complexity index is 511. The van der Waals surface area contributed by atoms with Gasteiger partial charge in [0, 0.05) is 17.9 Å². The SMILES string of the molecule is C=CC(=O)OC(C)(C)C12CC3CC(O)(CC(C1)C(=O)O3)C2. The molecule has 0 radical (unpaired) electrons. The van der Waals surface area contributed by atoms with Gasteiger partial charge in [-0.15, -0.1) is 0 Å². The largest absolute Gasteiger partial charge is 0.462 e. The second-order valence-corrected chi connectivity index (χ2v) is 7.39. The first kappa shape index (κ1) is 14.6. The van der Waals surface area contributed by atoms with E-state index < -0.39 is 22.6 Å². The van der Waals surface area contributed by atoms with Crippen LogP contribution in [-0.2, 0) is 19.1 Å². The van der Waals surface area contributed by atoms with Crippen LogP contribution < -0.4 is 0 Å². The van der Waals surface area contributed by atoms with Crippen molar-refractivity contribution in [2.24, 2.45) is 11.3 Å². The van der Waals surface area contributed by atoms with Crippen molar-refractivity contribution in [1.29, 1.82) is 0 Å². The predicted octanol–water partition coefficient (Wildman–Crippen LogP) is 1.73. The highest BCUT2D eigenvalue weighted by molar-refractivity contribution is 5.81. The van der Waals surface area contributed by atoms with Crippen LogP contribution in [0.5, 0.6) is 0 Å². The Hall–Kier alpha value is -1.36. The van der Waals surface area contributed by atoms with Gasteiger partial charge in [-0.2, -0.15) is 0 Å². The van der Waals surface area contributed by atoms with E-state index in [0.29, 0.717) is 32.1 Å². The fraction of sp³-hybridized carbons (Fsp3) is 0.750. The Kier molecular flexibility index (Phi) is 3.00. The van der Waals surface area contributed by atoms with E-state index in [1.54, 1.807) is 0 Å². The maximum absolute atomic E-state index is 12.1. The molecule has 0 aromatic carbocycles. The van der Waals surface area contributed by atoms with Crippen LogP contribution in [0.15, 0.2) is 12.7 Å². The molecular weight excluding hydrogens is 272 g/mol. The number of carbonyl (C=O) groups is 2. The van der Waals surface area contributed by atoms with E-state index in [0.717, 1.165) is 6.08 Å². The summed E-state index contributed by atoms with van der Waals surface area (Å²) in [6.07, 6.45) is 3.58. The Morgan fingerprint density at radius 1 is 1.43 bits per heavy atom. The summed E-state index contributed by atoms with van der Waals surface area (Å²) in [6, 6.07) is 0. The van der Waals surface area contributed by atoms with Crippen LogP contribution in [0, 0.1) is 11.3 Å². The van der Waals surface area contributed by atoms with Gasteiger partial charge >= 0.3 is 11.9 Å². The van der Waals surface area contributed by atoms with Crippen LogP contribution in [-0.4, -0.2) is 34.4 Å². The van der Waals surface area contributed by atoms with Crippen LogP contribution >= 0.6 is 0 Å². The molecule has 2 saturated carbocycles. The van der Waals surface area contributed by atoms with Crippen LogP contribution in [0.4, 0.5) is 0 Å². The first-order chi connectivity index (χ1) is 9.69. The summed E-state index contributed by atoms with van der Waals surface area (Å²) in [5, 5.41) is 10.8. The van der Waals surface area contributed by atoms with E-state index >= 15 is 0 Å². The molecular formula is C16H22O5. The number of rotatable bonds is 3. The maximum atomic E-state index is 12.1. The number of ether oxygens (including phenoxy) is 2. The topological polar surface area (TPSA) is 72.8 Å². The lowest BCUT2D eigenvalue weighted by Crippen LogP contribution is -2.59. The molecule has 0 amide bonds. The van der Waals surface area contributed by atoms with Gasteiger partial charge in [-0.25, -0.2) is 4.79 Å². The lowest BCUT2D eigenvalue weighted by atomic mass is 9.52. The molecule has 0 aromatic heterocycles. The first-order valence-electron chi connectivity index (χ1n) is 7.47. The van der Waals surface area contributed by atoms with Gasteiger partial charge < -0.3 is 14.6 Å². The van der Waals surface area contributed by atoms with Crippen LogP contribution in [0.2, 0.25) is 0 Å². The fourth-order valence-corrected chi connectivity index (χ4v) is 4.64. The van der Waals surface area contributed by atoms with E-state index in [2.05, 4.69) is 6.58 Å². The number of carbonyl (C=O) groups excluding carboxylic acids is 2. The lowest BCUT2D eigenvalue weighted by molar-refractivity contribution is -0.203. The van der Waals surface area contributed by atoms with E-state index in [-0.39, 0.29) is 18.0 Å². The zero-order valence-electron chi connectivity index (χ0n) is 12.6. The van der Waals surface area contributed by atoms with Crippen molar-refractivity contribution >= 4 is 11.9 Å². The monoisotopic (exact) mass is 294 g/mol. The molecule has 4 atom stereocenters. The van der Waals surface area contributed by atoms with E-state index in [1.165, 1.54) is 0 Å². The highest BCUT2D eigenvalue weighted by Gasteiger charge is 2.64. The Labute approximate surface area is 124 Å². The van der Waals surface area contributed by atoms with Gasteiger partial charge in [0.1, 0.15) is 11.7 Å². The van der Waals surface area contributed by atoms with Gasteiger partial charge in [0.05, 0.1) is 11.5 Å². The molecule has 2 heterocycles. The summed E-state index contributed by atoms with van der Waals surface area (Å²) in [5.74, 6) is -1.00. The zero-order valence-corrected chi connectivity index (χ0v) is 12.6. The Balaban J connectivity index is 1.99. The van der Waals surface area contributed by atoms with Crippen molar-refractivity contribution in [3.63, 3.8) is 0 Å². The molecule has 2 aliphatic heterocycles. The number of hydrogen-bond donors (Lipinski definition) is 1. The number of fused-ring (bicyclic) bond motifs is 1. The van der Waals surface area contributed by atoms with Crippen LogP contribution in [0.3, 0.4) is 0 Å². The third-order valence-electron chi connectivity index (χ3n) is 5.57. The van der Waals surface area contributed by atoms with Crippen molar-refractivity contribution in [2.45, 2.75) is 63.3 Å². The van der Waals surface area contributed by atoms with Gasteiger partial charge in [0.15, 0.2) is 0 Å². The minimum Gasteiger partial charge on any atom is -0.462 e. The molecule has 2 aliphatic carbocycles. The molecule has 5 heteroatoms. The van der Waals surface area contributed by atoms with Crippen LogP contribution in [0.25, 0.3) is 0 Å². The lowest BCUT2D eigenvalue weighted by Gasteiger charge is -2.56. The molecule has 1 N–H and O–H groups in total. The summed E-state index contributed by atoms with van der Waals surface area (Å²) in [6.45, 7) is 7.15. The van der Waals surface area contributed by atoms with E-state index in [9.17, 15) is 14.7 Å². The summed E-state index contributed by atoms with van der Waals surface area (Å²) in [4.78, 5) is 23.7. The molecule has 0 aromatic rings. The molecule has 4 unspecified atom stereocenters. The average molecular weight is 294 g/mol. The molecule has 4 fully saturated rings. The maximum Gasteiger partial charge on any atom is 0.330 e. The molecule has 116 valence electrons. The molecule has 4 rings (SSSR count). The summed E-state index contributed by atoms with van der Waals surface area (Å²) >= 11 is 0. The summed E-state index contributed by atoms with van der Waals surface area (Å²) in [7, 11) is 0. The van der Waals surface area contributed by atoms with Crippen LogP contribution in [0.1, 0.15) is 46.0 Å². The predicted molar refractivity (Wildman–Crippen MR) is 74.2 cm³/mol. The van der Waals surface area contributed by atoms with Gasteiger partial charge in [-0.05, 0) is 39.5 Å². The first-order valence-corrected chi connectivity index (χ1v) is 7.47. The molecule has 2 saturated heterocycles. The van der Waals surface area contributed by atoms with E-state index in [4.69, 9.17) is 9.47 Å². The summed E-state index contributed by atoms with van der Waals surface area (Å²) < 4.78 is 11.1. The van der Waals surface area contributed by atoms with Crippen molar-refractivity contribution in [3.05, 3.63) is 12.7 Å². The van der Waals surface area contributed by atoms with Crippen molar-refractivity contribution in [1.82, 2.24) is 0 Å². The third kappa shape index (κ3) is 2.18. The molecule has 0 spiro atoms. The standard InChI is InChI=1S/C16H22O5/c1-4-12(17)21-14(2,3)15-5-10-6-16(19,9-15)8-11(7-15)20-13(10)18/h4,10-11,19H,1,5-9H2,2-3H3. The number of hydrogen-bond acceptors (Lipinski definition) is 5. The Morgan fingerprint density at radius 3 is 2.81 bits per heavy atom. The van der Waals surface area contributed by atoms with Crippen molar-refractivity contribution in [3.8, 4) is 0 Å². The second-order valence-electron chi connectivity index (χ2n) is 7.39. The van der Waals surface area contributed by atoms with Crippen molar-refractivity contribution < 1.29 is 24.2 Å². The molecule has 21 heavy (non-hydrogen) atoms. The number of aliphatic hydroxyl groups is 1. The number of esters is 2. The minimum absolute atomic E-state index is 0.219. The zero-order chi connectivity index (χ0) is 15.5. The average Bonchev–Trinajstić information content (AvgIpc) is 2.49. The van der Waals surface area contributed by atoms with Gasteiger partial charge in [0.25, 0.3) is 0 Å².